The van der Waals surface area contributed by atoms with Crippen LogP contribution in [0.2, 0.25) is 0 Å². The molecular formula is C24H49N3O2. The minimum absolute atomic E-state index is 0.0298. The Morgan fingerprint density at radius 3 is 1.59 bits per heavy atom. The highest BCUT2D eigenvalue weighted by molar-refractivity contribution is 5.94. The molecule has 1 N–H and O–H groups in total. The van der Waals surface area contributed by atoms with E-state index in [0.717, 1.165) is 25.8 Å². The van der Waals surface area contributed by atoms with E-state index in [1.165, 1.54) is 75.5 Å². The molecule has 0 aliphatic carbocycles. The number of hydrogen-bond acceptors (Lipinski definition) is 3. The first kappa shape index (κ1) is 27.9. The van der Waals surface area contributed by atoms with E-state index in [9.17, 15) is 9.59 Å². The van der Waals surface area contributed by atoms with Crippen molar-refractivity contribution >= 4 is 11.9 Å². The summed E-state index contributed by atoms with van der Waals surface area (Å²) in [6.07, 6.45) is 18.1. The number of carbonyl (C=O) groups is 2. The van der Waals surface area contributed by atoms with Gasteiger partial charge in [-0.05, 0) is 40.4 Å². The molecule has 0 saturated heterocycles. The van der Waals surface area contributed by atoms with Gasteiger partial charge in [-0.1, -0.05) is 84.0 Å². The van der Waals surface area contributed by atoms with E-state index in [4.69, 9.17) is 0 Å². The highest BCUT2D eigenvalue weighted by Crippen LogP contribution is 2.13. The predicted octanol–water partition coefficient (Wildman–Crippen LogP) is 5.98. The molecule has 0 saturated carbocycles. The van der Waals surface area contributed by atoms with Gasteiger partial charge in [0.05, 0.1) is 0 Å². The third-order valence-electron chi connectivity index (χ3n) is 5.36. The fraction of sp³-hybridized carbons (Fsp3) is 0.917. The van der Waals surface area contributed by atoms with Crippen molar-refractivity contribution in [2.45, 2.75) is 110 Å². The Bertz CT molecular complexity index is 400. The Hall–Kier alpha value is -1.10. The number of carbonyl (C=O) groups excluding carboxylic acids is 2. The number of hydrogen-bond donors (Lipinski definition) is 1. The van der Waals surface area contributed by atoms with Gasteiger partial charge in [-0.25, -0.2) is 4.79 Å². The first-order valence-electron chi connectivity index (χ1n) is 12.3. The predicted molar refractivity (Wildman–Crippen MR) is 124 cm³/mol. The molecule has 5 heteroatoms. The van der Waals surface area contributed by atoms with Crippen molar-refractivity contribution in [2.75, 3.05) is 33.7 Å². The van der Waals surface area contributed by atoms with E-state index in [0.29, 0.717) is 19.5 Å². The van der Waals surface area contributed by atoms with Gasteiger partial charge in [0, 0.05) is 19.5 Å². The smallest absolute Gasteiger partial charge is 0.324 e. The van der Waals surface area contributed by atoms with Crippen molar-refractivity contribution in [2.24, 2.45) is 0 Å². The summed E-state index contributed by atoms with van der Waals surface area (Å²) in [7, 11) is 4.01. The van der Waals surface area contributed by atoms with Crippen molar-refractivity contribution in [1.29, 1.82) is 0 Å². The molecule has 0 rings (SSSR count). The summed E-state index contributed by atoms with van der Waals surface area (Å²) in [4.78, 5) is 28.1. The molecule has 5 nitrogen and oxygen atoms in total. The van der Waals surface area contributed by atoms with Crippen LogP contribution in [-0.2, 0) is 4.79 Å². The molecular weight excluding hydrogens is 362 g/mol. The number of imide groups is 1. The van der Waals surface area contributed by atoms with Crippen molar-refractivity contribution in [3.8, 4) is 0 Å². The quantitative estimate of drug-likeness (QED) is 0.266. The maximum atomic E-state index is 12.5. The summed E-state index contributed by atoms with van der Waals surface area (Å²) in [6.45, 7) is 6.08. The Morgan fingerprint density at radius 2 is 1.14 bits per heavy atom. The van der Waals surface area contributed by atoms with Crippen LogP contribution in [0.1, 0.15) is 110 Å². The fourth-order valence-corrected chi connectivity index (χ4v) is 3.56. The van der Waals surface area contributed by atoms with Gasteiger partial charge < -0.3 is 10.2 Å². The molecule has 0 aliphatic rings. The minimum atomic E-state index is -0.244. The minimum Gasteiger partial charge on any atom is -0.338 e. The number of unbranched alkanes of at least 4 members (excludes halogenated alkanes) is 12. The van der Waals surface area contributed by atoms with Crippen molar-refractivity contribution in [3.63, 3.8) is 0 Å². The van der Waals surface area contributed by atoms with E-state index in [2.05, 4.69) is 17.1 Å². The van der Waals surface area contributed by atoms with Gasteiger partial charge in [0.1, 0.15) is 0 Å². The number of amides is 3. The molecule has 29 heavy (non-hydrogen) atoms. The van der Waals surface area contributed by atoms with Crippen LogP contribution in [0, 0.1) is 0 Å². The second-order valence-electron chi connectivity index (χ2n) is 8.53. The van der Waals surface area contributed by atoms with Gasteiger partial charge in [-0.3, -0.25) is 9.69 Å². The first-order valence-corrected chi connectivity index (χ1v) is 12.3. The Morgan fingerprint density at radius 1 is 0.655 bits per heavy atom. The van der Waals surface area contributed by atoms with Crippen LogP contribution in [0.5, 0.6) is 0 Å². The van der Waals surface area contributed by atoms with Crippen molar-refractivity contribution in [3.05, 3.63) is 0 Å². The molecule has 0 aromatic carbocycles. The van der Waals surface area contributed by atoms with Gasteiger partial charge in [-0.2, -0.15) is 0 Å². The molecule has 0 aromatic heterocycles. The summed E-state index contributed by atoms with van der Waals surface area (Å²) in [5.74, 6) is -0.0298. The second-order valence-corrected chi connectivity index (χ2v) is 8.53. The molecule has 0 aliphatic heterocycles. The van der Waals surface area contributed by atoms with E-state index in [1.807, 2.05) is 21.0 Å². The lowest BCUT2D eigenvalue weighted by Gasteiger charge is -2.22. The molecule has 0 bridgehead atoms. The average Bonchev–Trinajstić information content (AvgIpc) is 2.68. The maximum absolute atomic E-state index is 12.5. The van der Waals surface area contributed by atoms with Gasteiger partial charge >= 0.3 is 6.03 Å². The standard InChI is InChI=1S/C24H49N3O2/c1-5-7-8-9-10-11-12-13-14-15-16-17-18-20-23(28)27(24(29)25-6-2)22-19-21-26(3)4/h5-22H2,1-4H3,(H,25,29). The summed E-state index contributed by atoms with van der Waals surface area (Å²) in [6, 6.07) is -0.244. The summed E-state index contributed by atoms with van der Waals surface area (Å²) in [5.41, 5.74) is 0. The molecule has 0 heterocycles. The van der Waals surface area contributed by atoms with Crippen LogP contribution in [0.15, 0.2) is 0 Å². The average molecular weight is 412 g/mol. The van der Waals surface area contributed by atoms with Crippen LogP contribution in [0.25, 0.3) is 0 Å². The zero-order chi connectivity index (χ0) is 21.7. The van der Waals surface area contributed by atoms with E-state index < -0.39 is 0 Å². The molecule has 3 amide bonds. The molecule has 0 atom stereocenters. The third-order valence-corrected chi connectivity index (χ3v) is 5.36. The topological polar surface area (TPSA) is 52.7 Å². The van der Waals surface area contributed by atoms with Crippen LogP contribution in [-0.4, -0.2) is 55.5 Å². The van der Waals surface area contributed by atoms with E-state index in [1.54, 1.807) is 0 Å². The van der Waals surface area contributed by atoms with Crippen LogP contribution >= 0.6 is 0 Å². The van der Waals surface area contributed by atoms with Gasteiger partial charge in [0.25, 0.3) is 0 Å². The monoisotopic (exact) mass is 411 g/mol. The first-order chi connectivity index (χ1) is 14.0. The molecule has 0 radical (unpaired) electrons. The third kappa shape index (κ3) is 17.5. The largest absolute Gasteiger partial charge is 0.338 e. The molecule has 0 aromatic rings. The van der Waals surface area contributed by atoms with E-state index in [-0.39, 0.29) is 11.9 Å². The van der Waals surface area contributed by atoms with Crippen molar-refractivity contribution in [1.82, 2.24) is 15.1 Å². The highest BCUT2D eigenvalue weighted by atomic mass is 16.2. The van der Waals surface area contributed by atoms with Gasteiger partial charge in [0.15, 0.2) is 0 Å². The normalized spacial score (nSPS) is 11.1. The maximum Gasteiger partial charge on any atom is 0.324 e. The van der Waals surface area contributed by atoms with E-state index >= 15 is 0 Å². The number of nitrogens with zero attached hydrogens (tertiary/aromatic N) is 2. The zero-order valence-corrected chi connectivity index (χ0v) is 19.9. The van der Waals surface area contributed by atoms with Gasteiger partial charge in [-0.15, -0.1) is 0 Å². The lowest BCUT2D eigenvalue weighted by atomic mass is 10.0. The molecule has 172 valence electrons. The molecule has 0 unspecified atom stereocenters. The number of urea groups is 1. The van der Waals surface area contributed by atoms with Gasteiger partial charge in [0.2, 0.25) is 5.91 Å². The highest BCUT2D eigenvalue weighted by Gasteiger charge is 2.19. The lowest BCUT2D eigenvalue weighted by molar-refractivity contribution is -0.128. The number of rotatable bonds is 19. The molecule has 0 fully saturated rings. The summed E-state index contributed by atoms with van der Waals surface area (Å²) in [5, 5.41) is 2.77. The summed E-state index contributed by atoms with van der Waals surface area (Å²) >= 11 is 0. The Labute approximate surface area is 181 Å². The SMILES string of the molecule is CCCCCCCCCCCCCCCC(=O)N(CCCN(C)C)C(=O)NCC. The van der Waals surface area contributed by atoms with Crippen LogP contribution < -0.4 is 5.32 Å². The Kier molecular flexibility index (Phi) is 19.4. The fourth-order valence-electron chi connectivity index (χ4n) is 3.56. The van der Waals surface area contributed by atoms with Crippen LogP contribution in [0.4, 0.5) is 4.79 Å². The van der Waals surface area contributed by atoms with Crippen molar-refractivity contribution < 1.29 is 9.59 Å². The number of nitrogens with one attached hydrogen (secondary N) is 1. The van der Waals surface area contributed by atoms with Crippen LogP contribution in [0.3, 0.4) is 0 Å². The zero-order valence-electron chi connectivity index (χ0n) is 19.9. The second kappa shape index (κ2) is 20.2. The molecule has 0 spiro atoms. The lowest BCUT2D eigenvalue weighted by Crippen LogP contribution is -2.44. The summed E-state index contributed by atoms with van der Waals surface area (Å²) < 4.78 is 0. The Balaban J connectivity index is 3.77.